The van der Waals surface area contributed by atoms with Gasteiger partial charge in [-0.2, -0.15) is 5.10 Å². The SMILES string of the molecule is O.O=c1c2ccccc2c(Cc2ccc(Cl)cc2)nn1C1CCC[NH+](CCCc2ccc(F)cc2)CC1.[Cl-]. The van der Waals surface area contributed by atoms with Gasteiger partial charge in [0.05, 0.1) is 36.8 Å². The Bertz CT molecular complexity index is 1380. The lowest BCUT2D eigenvalue weighted by atomic mass is 10.0. The number of likely N-dealkylation sites (tertiary alicyclic amines) is 1. The van der Waals surface area contributed by atoms with Crippen molar-refractivity contribution in [1.29, 1.82) is 0 Å². The highest BCUT2D eigenvalue weighted by Crippen LogP contribution is 2.22. The minimum atomic E-state index is -0.184. The first-order valence-electron chi connectivity index (χ1n) is 12.9. The molecule has 1 saturated heterocycles. The van der Waals surface area contributed by atoms with Crippen LogP contribution >= 0.6 is 11.6 Å². The average molecular weight is 559 g/mol. The summed E-state index contributed by atoms with van der Waals surface area (Å²) in [4.78, 5) is 15.1. The van der Waals surface area contributed by atoms with Gasteiger partial charge < -0.3 is 22.8 Å². The van der Waals surface area contributed by atoms with Crippen molar-refractivity contribution in [3.63, 3.8) is 0 Å². The van der Waals surface area contributed by atoms with Crippen molar-refractivity contribution in [3.05, 3.63) is 111 Å². The first-order valence-corrected chi connectivity index (χ1v) is 13.3. The predicted molar refractivity (Wildman–Crippen MR) is 147 cm³/mol. The minimum Gasteiger partial charge on any atom is -1.00 e. The van der Waals surface area contributed by atoms with Gasteiger partial charge in [-0.05, 0) is 60.7 Å². The third-order valence-corrected chi connectivity index (χ3v) is 7.60. The van der Waals surface area contributed by atoms with E-state index < -0.39 is 0 Å². The zero-order chi connectivity index (χ0) is 24.9. The van der Waals surface area contributed by atoms with Gasteiger partial charge in [-0.3, -0.25) is 4.79 Å². The molecule has 2 heterocycles. The van der Waals surface area contributed by atoms with E-state index in [1.54, 1.807) is 9.58 Å². The first kappa shape index (κ1) is 29.8. The molecule has 2 unspecified atom stereocenters. The highest BCUT2D eigenvalue weighted by atomic mass is 35.5. The van der Waals surface area contributed by atoms with Crippen LogP contribution in [0.2, 0.25) is 5.02 Å². The molecule has 0 bridgehead atoms. The zero-order valence-corrected chi connectivity index (χ0v) is 22.8. The Labute approximate surface area is 234 Å². The highest BCUT2D eigenvalue weighted by molar-refractivity contribution is 6.30. The summed E-state index contributed by atoms with van der Waals surface area (Å²) in [5.74, 6) is -0.184. The smallest absolute Gasteiger partial charge is 0.274 e. The molecule has 0 aliphatic carbocycles. The van der Waals surface area contributed by atoms with Crippen LogP contribution < -0.4 is 22.9 Å². The molecule has 0 spiro atoms. The number of aryl methyl sites for hydroxylation is 1. The Hall–Kier alpha value is -2.77. The van der Waals surface area contributed by atoms with E-state index in [2.05, 4.69) is 0 Å². The number of halogens is 3. The summed E-state index contributed by atoms with van der Waals surface area (Å²) in [6.45, 7) is 3.23. The number of hydrogen-bond donors (Lipinski definition) is 1. The van der Waals surface area contributed by atoms with Crippen molar-refractivity contribution in [2.45, 2.75) is 44.6 Å². The van der Waals surface area contributed by atoms with E-state index in [0.717, 1.165) is 73.8 Å². The second-order valence-electron chi connectivity index (χ2n) is 9.86. The Balaban J connectivity index is 0.00000200. The molecule has 1 aromatic heterocycles. The first-order chi connectivity index (χ1) is 17.6. The van der Waals surface area contributed by atoms with Crippen LogP contribution in [0.3, 0.4) is 0 Å². The van der Waals surface area contributed by atoms with Gasteiger partial charge in [0.1, 0.15) is 5.82 Å². The van der Waals surface area contributed by atoms with Gasteiger partial charge in [-0.25, -0.2) is 9.07 Å². The summed E-state index contributed by atoms with van der Waals surface area (Å²) in [5.41, 5.74) is 3.25. The molecule has 2 atom stereocenters. The van der Waals surface area contributed by atoms with Crippen molar-refractivity contribution >= 4 is 22.4 Å². The van der Waals surface area contributed by atoms with Gasteiger partial charge >= 0.3 is 0 Å². The van der Waals surface area contributed by atoms with Crippen molar-refractivity contribution in [2.24, 2.45) is 0 Å². The summed E-state index contributed by atoms with van der Waals surface area (Å²) in [7, 11) is 0. The fourth-order valence-corrected chi connectivity index (χ4v) is 5.49. The van der Waals surface area contributed by atoms with Gasteiger partial charge in [0.15, 0.2) is 0 Å². The second-order valence-corrected chi connectivity index (χ2v) is 10.3. The number of rotatable bonds is 7. The molecular formula is C30H34Cl2FN3O2. The zero-order valence-electron chi connectivity index (χ0n) is 21.3. The van der Waals surface area contributed by atoms with Gasteiger partial charge in [-0.15, -0.1) is 0 Å². The lowest BCUT2D eigenvalue weighted by Gasteiger charge is -2.19. The van der Waals surface area contributed by atoms with E-state index in [-0.39, 0.29) is 35.3 Å². The molecule has 38 heavy (non-hydrogen) atoms. The molecule has 202 valence electrons. The van der Waals surface area contributed by atoms with Crippen LogP contribution in [0.25, 0.3) is 10.8 Å². The molecule has 4 aromatic rings. The Morgan fingerprint density at radius 1 is 0.921 bits per heavy atom. The molecule has 0 radical (unpaired) electrons. The molecule has 8 heteroatoms. The predicted octanol–water partition coefficient (Wildman–Crippen LogP) is 1.20. The van der Waals surface area contributed by atoms with Crippen LogP contribution in [0.4, 0.5) is 4.39 Å². The maximum atomic E-state index is 13.5. The highest BCUT2D eigenvalue weighted by Gasteiger charge is 2.24. The van der Waals surface area contributed by atoms with Crippen molar-refractivity contribution in [2.75, 3.05) is 19.6 Å². The number of nitrogens with zero attached hydrogens (tertiary/aromatic N) is 2. The minimum absolute atomic E-state index is 0. The van der Waals surface area contributed by atoms with Crippen LogP contribution in [-0.4, -0.2) is 34.9 Å². The summed E-state index contributed by atoms with van der Waals surface area (Å²) < 4.78 is 14.9. The number of benzene rings is 3. The van der Waals surface area contributed by atoms with E-state index >= 15 is 0 Å². The van der Waals surface area contributed by atoms with E-state index in [0.29, 0.717) is 11.4 Å². The third-order valence-electron chi connectivity index (χ3n) is 7.34. The fourth-order valence-electron chi connectivity index (χ4n) is 5.36. The Morgan fingerprint density at radius 2 is 1.61 bits per heavy atom. The van der Waals surface area contributed by atoms with Gasteiger partial charge in [-0.1, -0.05) is 54.1 Å². The monoisotopic (exact) mass is 557 g/mol. The maximum absolute atomic E-state index is 13.5. The van der Waals surface area contributed by atoms with Crippen LogP contribution in [0.1, 0.15) is 48.5 Å². The summed E-state index contributed by atoms with van der Waals surface area (Å²) >= 11 is 6.08. The van der Waals surface area contributed by atoms with E-state index in [4.69, 9.17) is 16.7 Å². The Morgan fingerprint density at radius 3 is 2.34 bits per heavy atom. The second kappa shape index (κ2) is 13.9. The Kier molecular flexibility index (Phi) is 10.9. The summed E-state index contributed by atoms with van der Waals surface area (Å²) in [6.07, 6.45) is 5.68. The molecular weight excluding hydrogens is 524 g/mol. The number of aromatic nitrogens is 2. The standard InChI is InChI=1S/C30H31ClFN3O.ClH.H2O/c31-24-13-9-23(10-14-24)21-29-27-7-1-2-8-28(27)30(36)35(33-29)26-6-4-19-34(20-17-26)18-3-5-22-11-15-25(32)16-12-22;;/h1-2,7-16,26H,3-6,17-21H2;1H;1H2. The quantitative estimate of drug-likeness (QED) is 0.371. The van der Waals surface area contributed by atoms with Crippen LogP contribution in [0, 0.1) is 5.82 Å². The molecule has 5 rings (SSSR count). The lowest BCUT2D eigenvalue weighted by molar-refractivity contribution is -0.899. The molecule has 1 fully saturated rings. The molecule has 3 aromatic carbocycles. The van der Waals surface area contributed by atoms with Crippen LogP contribution in [0.5, 0.6) is 0 Å². The normalized spacial score (nSPS) is 17.3. The van der Waals surface area contributed by atoms with Crippen molar-refractivity contribution in [1.82, 2.24) is 9.78 Å². The fraction of sp³-hybridized carbons (Fsp3) is 0.333. The van der Waals surface area contributed by atoms with E-state index in [9.17, 15) is 9.18 Å². The third kappa shape index (κ3) is 7.20. The summed E-state index contributed by atoms with van der Waals surface area (Å²) in [5, 5.41) is 7.33. The summed E-state index contributed by atoms with van der Waals surface area (Å²) in [6, 6.07) is 22.6. The number of fused-ring (bicyclic) bond motifs is 1. The van der Waals surface area contributed by atoms with Crippen LogP contribution in [0.15, 0.2) is 77.6 Å². The van der Waals surface area contributed by atoms with E-state index in [1.807, 2.05) is 60.7 Å². The lowest BCUT2D eigenvalue weighted by Crippen LogP contribution is -3.11. The van der Waals surface area contributed by atoms with Gasteiger partial charge in [0.25, 0.3) is 5.56 Å². The topological polar surface area (TPSA) is 70.8 Å². The molecule has 1 aliphatic heterocycles. The largest absolute Gasteiger partial charge is 1.00 e. The molecule has 0 saturated carbocycles. The number of hydrogen-bond acceptors (Lipinski definition) is 2. The number of nitrogens with one attached hydrogen (secondary N) is 1. The maximum Gasteiger partial charge on any atom is 0.274 e. The molecule has 1 aliphatic rings. The molecule has 5 nitrogen and oxygen atoms in total. The van der Waals surface area contributed by atoms with Crippen LogP contribution in [-0.2, 0) is 12.8 Å². The van der Waals surface area contributed by atoms with Gasteiger partial charge in [0.2, 0.25) is 0 Å². The molecule has 3 N–H and O–H groups in total. The average Bonchev–Trinajstić information content (AvgIpc) is 3.14. The van der Waals surface area contributed by atoms with Crippen molar-refractivity contribution < 1.29 is 27.2 Å². The number of quaternary nitrogens is 1. The molecule has 0 amide bonds. The van der Waals surface area contributed by atoms with E-state index in [1.165, 1.54) is 17.7 Å². The van der Waals surface area contributed by atoms with Gasteiger partial charge in [0, 0.05) is 29.7 Å². The van der Waals surface area contributed by atoms with Crippen molar-refractivity contribution in [3.8, 4) is 0 Å².